The van der Waals surface area contributed by atoms with Gasteiger partial charge in [-0.1, -0.05) is 0 Å². The van der Waals surface area contributed by atoms with E-state index in [9.17, 15) is 18.3 Å². The number of carbonyl (C=O) groups is 1. The molecule has 0 unspecified atom stereocenters. The van der Waals surface area contributed by atoms with Crippen molar-refractivity contribution in [2.24, 2.45) is 4.40 Å². The molecule has 0 saturated heterocycles. The Hall–Kier alpha value is -2.87. The zero-order valence-corrected chi connectivity index (χ0v) is 12.8. The van der Waals surface area contributed by atoms with Gasteiger partial charge in [0, 0.05) is 6.21 Å². The molecule has 2 N–H and O–H groups in total. The van der Waals surface area contributed by atoms with Crippen LogP contribution >= 0.6 is 0 Å². The first kappa shape index (κ1) is 16.5. The van der Waals surface area contributed by atoms with Crippen molar-refractivity contribution in [3.8, 4) is 11.5 Å². The average Bonchev–Trinajstić information content (AvgIpc) is 2.54. The van der Waals surface area contributed by atoms with Crippen LogP contribution in [0.1, 0.15) is 15.9 Å². The molecule has 2 aromatic carbocycles. The normalized spacial score (nSPS) is 11.5. The molecule has 7 nitrogen and oxygen atoms in total. The Kier molecular flexibility index (Phi) is 4.65. The molecule has 23 heavy (non-hydrogen) atoms. The summed E-state index contributed by atoms with van der Waals surface area (Å²) in [7, 11) is -2.59. The first-order chi connectivity index (χ1) is 10.8. The third kappa shape index (κ3) is 3.86. The molecule has 0 saturated carbocycles. The summed E-state index contributed by atoms with van der Waals surface area (Å²) in [6, 6.07) is 8.99. The molecule has 0 atom stereocenters. The number of benzene rings is 2. The Morgan fingerprint density at radius 3 is 2.39 bits per heavy atom. The zero-order chi connectivity index (χ0) is 17.0. The molecule has 0 spiro atoms. The quantitative estimate of drug-likeness (QED) is 0.807. The minimum atomic E-state index is -3.96. The maximum Gasteiger partial charge on any atom is 0.335 e. The van der Waals surface area contributed by atoms with E-state index in [1.807, 2.05) is 0 Å². The van der Waals surface area contributed by atoms with Crippen molar-refractivity contribution in [1.29, 1.82) is 0 Å². The molecule has 0 heterocycles. The van der Waals surface area contributed by atoms with Crippen LogP contribution in [0.3, 0.4) is 0 Å². The third-order valence-electron chi connectivity index (χ3n) is 2.94. The summed E-state index contributed by atoms with van der Waals surface area (Å²) in [6.07, 6.45) is 1.11. The van der Waals surface area contributed by atoms with E-state index in [0.717, 1.165) is 6.21 Å². The minimum absolute atomic E-state index is 0.0174. The van der Waals surface area contributed by atoms with Crippen LogP contribution in [0, 0.1) is 0 Å². The number of carboxylic acid groups (broad SMARTS) is 1. The number of hydrogen-bond acceptors (Lipinski definition) is 5. The predicted octanol–water partition coefficient (Wildman–Crippen LogP) is 1.91. The van der Waals surface area contributed by atoms with E-state index in [0.29, 0.717) is 5.56 Å². The van der Waals surface area contributed by atoms with Gasteiger partial charge in [0.2, 0.25) is 0 Å². The van der Waals surface area contributed by atoms with E-state index < -0.39 is 16.0 Å². The summed E-state index contributed by atoms with van der Waals surface area (Å²) < 4.78 is 32.6. The van der Waals surface area contributed by atoms with Crippen LogP contribution in [-0.2, 0) is 10.0 Å². The van der Waals surface area contributed by atoms with E-state index in [2.05, 4.69) is 4.40 Å². The second kappa shape index (κ2) is 6.49. The summed E-state index contributed by atoms with van der Waals surface area (Å²) >= 11 is 0. The van der Waals surface area contributed by atoms with Crippen molar-refractivity contribution in [2.45, 2.75) is 4.90 Å². The highest BCUT2D eigenvalue weighted by atomic mass is 32.2. The lowest BCUT2D eigenvalue weighted by molar-refractivity contribution is 0.0696. The summed E-state index contributed by atoms with van der Waals surface area (Å²) in [4.78, 5) is 10.6. The van der Waals surface area contributed by atoms with Gasteiger partial charge in [-0.15, -0.1) is 0 Å². The number of carboxylic acids is 1. The first-order valence-electron chi connectivity index (χ1n) is 6.34. The molecule has 2 rings (SSSR count). The number of sulfonamides is 1. The monoisotopic (exact) mass is 335 g/mol. The standard InChI is InChI=1S/C15H13NO6S/c1-22-14-8-10(2-7-13(14)17)9-16-23(20,21)12-5-3-11(4-6-12)15(18)19/h2-9,17H,1H3,(H,18,19)/b16-9+. The highest BCUT2D eigenvalue weighted by molar-refractivity contribution is 7.90. The maximum absolute atomic E-state index is 12.1. The van der Waals surface area contributed by atoms with Crippen LogP contribution in [0.4, 0.5) is 0 Å². The molecule has 0 aliphatic rings. The van der Waals surface area contributed by atoms with Crippen LogP contribution < -0.4 is 4.74 Å². The largest absolute Gasteiger partial charge is 0.504 e. The second-order valence-corrected chi connectivity index (χ2v) is 6.10. The number of aromatic hydroxyl groups is 1. The molecular formula is C15H13NO6S. The van der Waals surface area contributed by atoms with E-state index in [1.165, 1.54) is 49.6 Å². The molecule has 0 aliphatic heterocycles. The van der Waals surface area contributed by atoms with Crippen LogP contribution in [0.2, 0.25) is 0 Å². The van der Waals surface area contributed by atoms with Crippen molar-refractivity contribution in [2.75, 3.05) is 7.11 Å². The maximum atomic E-state index is 12.1. The average molecular weight is 335 g/mol. The Morgan fingerprint density at radius 2 is 1.83 bits per heavy atom. The van der Waals surface area contributed by atoms with Crippen molar-refractivity contribution >= 4 is 22.2 Å². The summed E-state index contributed by atoms with van der Waals surface area (Å²) in [5, 5.41) is 18.3. The number of nitrogens with zero attached hydrogens (tertiary/aromatic N) is 1. The summed E-state index contributed by atoms with van der Waals surface area (Å²) in [5.41, 5.74) is 0.404. The third-order valence-corrected chi connectivity index (χ3v) is 4.19. The Bertz CT molecular complexity index is 856. The topological polar surface area (TPSA) is 113 Å². The minimum Gasteiger partial charge on any atom is -0.504 e. The van der Waals surface area contributed by atoms with Gasteiger partial charge in [-0.2, -0.15) is 12.8 Å². The van der Waals surface area contributed by atoms with Crippen LogP contribution in [0.15, 0.2) is 51.8 Å². The molecule has 120 valence electrons. The van der Waals surface area contributed by atoms with Gasteiger partial charge >= 0.3 is 5.97 Å². The van der Waals surface area contributed by atoms with Crippen LogP contribution in [-0.4, -0.2) is 37.9 Å². The number of methoxy groups -OCH3 is 1. The Labute approximate surface area is 132 Å². The fourth-order valence-electron chi connectivity index (χ4n) is 1.74. The lowest BCUT2D eigenvalue weighted by atomic mass is 10.2. The van der Waals surface area contributed by atoms with Crippen LogP contribution in [0.5, 0.6) is 11.5 Å². The molecule has 2 aromatic rings. The molecule has 0 amide bonds. The number of ether oxygens (including phenoxy) is 1. The van der Waals surface area contributed by atoms with E-state index in [4.69, 9.17) is 9.84 Å². The number of phenolic OH excluding ortho intramolecular Hbond substituents is 1. The fourth-order valence-corrected chi connectivity index (χ4v) is 2.60. The Morgan fingerprint density at radius 1 is 1.17 bits per heavy atom. The summed E-state index contributed by atoms with van der Waals surface area (Å²) in [5.74, 6) is -1.03. The molecule has 8 heteroatoms. The molecule has 0 fully saturated rings. The lowest BCUT2D eigenvalue weighted by Crippen LogP contribution is -2.00. The fraction of sp³-hybridized carbons (Fsp3) is 0.0667. The van der Waals surface area contributed by atoms with Crippen molar-refractivity contribution in [1.82, 2.24) is 0 Å². The zero-order valence-electron chi connectivity index (χ0n) is 12.0. The molecular weight excluding hydrogens is 322 g/mol. The molecule has 0 bridgehead atoms. The van der Waals surface area contributed by atoms with E-state index in [1.54, 1.807) is 0 Å². The number of aromatic carboxylic acids is 1. The van der Waals surface area contributed by atoms with Gasteiger partial charge < -0.3 is 14.9 Å². The SMILES string of the molecule is COc1cc(/C=N/S(=O)(=O)c2ccc(C(=O)O)cc2)ccc1O. The number of hydrogen-bond donors (Lipinski definition) is 2. The van der Waals surface area contributed by atoms with Crippen molar-refractivity contribution in [3.05, 3.63) is 53.6 Å². The Balaban J connectivity index is 2.28. The predicted molar refractivity (Wildman–Crippen MR) is 82.8 cm³/mol. The molecule has 0 aromatic heterocycles. The highest BCUT2D eigenvalue weighted by Gasteiger charge is 2.13. The van der Waals surface area contributed by atoms with Gasteiger partial charge in [-0.3, -0.25) is 0 Å². The summed E-state index contributed by atoms with van der Waals surface area (Å²) in [6.45, 7) is 0. The number of rotatable bonds is 5. The smallest absolute Gasteiger partial charge is 0.335 e. The van der Waals surface area contributed by atoms with Gasteiger partial charge in [0.25, 0.3) is 10.0 Å². The van der Waals surface area contributed by atoms with Gasteiger partial charge in [0.1, 0.15) is 0 Å². The lowest BCUT2D eigenvalue weighted by Gasteiger charge is -2.03. The van der Waals surface area contributed by atoms with E-state index >= 15 is 0 Å². The highest BCUT2D eigenvalue weighted by Crippen LogP contribution is 2.25. The molecule has 0 radical (unpaired) electrons. The molecule has 0 aliphatic carbocycles. The van der Waals surface area contributed by atoms with Gasteiger partial charge in [0.05, 0.1) is 17.6 Å². The van der Waals surface area contributed by atoms with Crippen molar-refractivity contribution in [3.63, 3.8) is 0 Å². The second-order valence-electron chi connectivity index (χ2n) is 4.47. The van der Waals surface area contributed by atoms with E-state index in [-0.39, 0.29) is 22.0 Å². The number of phenols is 1. The van der Waals surface area contributed by atoms with Gasteiger partial charge in [-0.25, -0.2) is 4.79 Å². The van der Waals surface area contributed by atoms with Crippen molar-refractivity contribution < 1.29 is 28.2 Å². The van der Waals surface area contributed by atoms with Gasteiger partial charge in [0.15, 0.2) is 11.5 Å². The first-order valence-corrected chi connectivity index (χ1v) is 7.78. The van der Waals surface area contributed by atoms with Gasteiger partial charge in [-0.05, 0) is 48.0 Å². The van der Waals surface area contributed by atoms with Crippen LogP contribution in [0.25, 0.3) is 0 Å².